The molecular formula is C19H18F4N2O3S. The number of sulfone groups is 1. The van der Waals surface area contributed by atoms with Crippen LogP contribution in [0.1, 0.15) is 5.56 Å². The van der Waals surface area contributed by atoms with Gasteiger partial charge in [-0.3, -0.25) is 4.79 Å². The molecule has 3 rings (SSSR count). The molecule has 1 heterocycles. The van der Waals surface area contributed by atoms with E-state index in [4.69, 9.17) is 0 Å². The van der Waals surface area contributed by atoms with E-state index in [-0.39, 0.29) is 44.2 Å². The summed E-state index contributed by atoms with van der Waals surface area (Å²) in [6.45, 7) is 0.697. The van der Waals surface area contributed by atoms with Crippen LogP contribution in [0.2, 0.25) is 0 Å². The maximum absolute atomic E-state index is 13.5. The first-order chi connectivity index (χ1) is 13.6. The molecule has 5 nitrogen and oxygen atoms in total. The number of rotatable bonds is 4. The third kappa shape index (κ3) is 4.52. The maximum atomic E-state index is 13.5. The highest BCUT2D eigenvalue weighted by atomic mass is 32.2. The first-order valence-corrected chi connectivity index (χ1v) is 10.3. The van der Waals surface area contributed by atoms with Crippen molar-refractivity contribution in [2.45, 2.75) is 16.8 Å². The van der Waals surface area contributed by atoms with E-state index in [1.165, 1.54) is 4.90 Å². The molecule has 0 saturated carbocycles. The monoisotopic (exact) mass is 430 g/mol. The Morgan fingerprint density at radius 3 is 2.17 bits per heavy atom. The average Bonchev–Trinajstić information content (AvgIpc) is 2.68. The van der Waals surface area contributed by atoms with Crippen molar-refractivity contribution in [2.75, 3.05) is 31.1 Å². The average molecular weight is 430 g/mol. The summed E-state index contributed by atoms with van der Waals surface area (Å²) in [5.74, 6) is -1.20. The Bertz CT molecular complexity index is 986. The lowest BCUT2D eigenvalue weighted by molar-refractivity contribution is -0.130. The van der Waals surface area contributed by atoms with Gasteiger partial charge in [0.15, 0.2) is 0 Å². The molecule has 0 bridgehead atoms. The van der Waals surface area contributed by atoms with Gasteiger partial charge < -0.3 is 9.80 Å². The topological polar surface area (TPSA) is 57.7 Å². The molecular weight excluding hydrogens is 412 g/mol. The summed E-state index contributed by atoms with van der Waals surface area (Å²) in [5, 5.41) is 0. The van der Waals surface area contributed by atoms with Gasteiger partial charge in [-0.1, -0.05) is 30.3 Å². The summed E-state index contributed by atoms with van der Waals surface area (Å²) < 4.78 is 76.2. The third-order valence-corrected chi connectivity index (χ3v) is 6.20. The molecule has 0 atom stereocenters. The molecule has 0 unspecified atom stereocenters. The number of carbonyl (C=O) groups is 1. The second-order valence-corrected chi connectivity index (χ2v) is 8.50. The van der Waals surface area contributed by atoms with Gasteiger partial charge in [0.2, 0.25) is 5.91 Å². The first kappa shape index (κ1) is 21.1. The van der Waals surface area contributed by atoms with Crippen molar-refractivity contribution in [3.05, 3.63) is 59.9 Å². The quantitative estimate of drug-likeness (QED) is 0.700. The minimum atomic E-state index is -5.71. The van der Waals surface area contributed by atoms with E-state index < -0.39 is 26.1 Å². The van der Waals surface area contributed by atoms with Crippen molar-refractivity contribution in [1.82, 2.24) is 4.90 Å². The summed E-state index contributed by atoms with van der Waals surface area (Å²) in [6, 6.07) is 11.4. The molecule has 0 N–H and O–H groups in total. The summed E-state index contributed by atoms with van der Waals surface area (Å²) in [7, 11) is -5.71. The SMILES string of the molecule is O=C(Cc1ccccc1)N1CCN(c2ccc(F)cc2S(=O)(=O)C(F)(F)F)CC1. The highest BCUT2D eigenvalue weighted by Crippen LogP contribution is 2.36. The number of anilines is 1. The van der Waals surface area contributed by atoms with E-state index in [2.05, 4.69) is 0 Å². The van der Waals surface area contributed by atoms with Crippen molar-refractivity contribution >= 4 is 21.4 Å². The highest BCUT2D eigenvalue weighted by molar-refractivity contribution is 7.92. The second kappa shape index (κ2) is 8.02. The van der Waals surface area contributed by atoms with Crippen LogP contribution < -0.4 is 4.90 Å². The van der Waals surface area contributed by atoms with Gasteiger partial charge in [0, 0.05) is 26.2 Å². The second-order valence-electron chi connectivity index (χ2n) is 6.59. The molecule has 1 amide bonds. The summed E-state index contributed by atoms with van der Waals surface area (Å²) in [4.78, 5) is 14.3. The van der Waals surface area contributed by atoms with Crippen LogP contribution in [0.15, 0.2) is 53.4 Å². The Hall–Kier alpha value is -2.62. The Morgan fingerprint density at radius 2 is 1.59 bits per heavy atom. The highest BCUT2D eigenvalue weighted by Gasteiger charge is 2.48. The van der Waals surface area contributed by atoms with E-state index in [0.29, 0.717) is 6.07 Å². The normalized spacial score (nSPS) is 15.4. The largest absolute Gasteiger partial charge is 0.501 e. The summed E-state index contributed by atoms with van der Waals surface area (Å²) in [5.41, 5.74) is -4.92. The van der Waals surface area contributed by atoms with E-state index in [1.54, 1.807) is 4.90 Å². The Morgan fingerprint density at radius 1 is 0.966 bits per heavy atom. The molecule has 1 aliphatic heterocycles. The van der Waals surface area contributed by atoms with Crippen LogP contribution in [0.5, 0.6) is 0 Å². The number of carbonyl (C=O) groups excluding carboxylic acids is 1. The van der Waals surface area contributed by atoms with E-state index in [1.807, 2.05) is 30.3 Å². The fourth-order valence-electron chi connectivity index (χ4n) is 3.17. The van der Waals surface area contributed by atoms with Crippen LogP contribution in [0, 0.1) is 5.82 Å². The van der Waals surface area contributed by atoms with Gasteiger partial charge in [-0.15, -0.1) is 0 Å². The minimum absolute atomic E-state index is 0.127. The van der Waals surface area contributed by atoms with Gasteiger partial charge in [-0.2, -0.15) is 13.2 Å². The molecule has 2 aromatic rings. The fraction of sp³-hybridized carbons (Fsp3) is 0.316. The summed E-state index contributed by atoms with van der Waals surface area (Å²) in [6.07, 6.45) is 0.199. The zero-order chi connectivity index (χ0) is 21.2. The molecule has 1 aliphatic rings. The number of halogens is 4. The Balaban J connectivity index is 1.75. The number of alkyl halides is 3. The van der Waals surface area contributed by atoms with Crippen molar-refractivity contribution in [1.29, 1.82) is 0 Å². The zero-order valence-corrected chi connectivity index (χ0v) is 16.0. The van der Waals surface area contributed by atoms with Crippen molar-refractivity contribution in [3.8, 4) is 0 Å². The number of piperazine rings is 1. The third-order valence-electron chi connectivity index (χ3n) is 4.69. The Kier molecular flexibility index (Phi) is 5.83. The smallest absolute Gasteiger partial charge is 0.367 e. The van der Waals surface area contributed by atoms with Crippen LogP contribution >= 0.6 is 0 Å². The van der Waals surface area contributed by atoms with Crippen LogP contribution in [0.25, 0.3) is 0 Å². The number of hydrogen-bond acceptors (Lipinski definition) is 4. The van der Waals surface area contributed by atoms with Crippen LogP contribution in [-0.2, 0) is 21.1 Å². The molecule has 0 aromatic heterocycles. The van der Waals surface area contributed by atoms with E-state index in [9.17, 15) is 30.8 Å². The zero-order valence-electron chi connectivity index (χ0n) is 15.2. The van der Waals surface area contributed by atoms with Crippen molar-refractivity contribution in [3.63, 3.8) is 0 Å². The molecule has 0 radical (unpaired) electrons. The summed E-state index contributed by atoms with van der Waals surface area (Å²) >= 11 is 0. The van der Waals surface area contributed by atoms with E-state index in [0.717, 1.165) is 17.7 Å². The van der Waals surface area contributed by atoms with Crippen LogP contribution in [-0.4, -0.2) is 50.9 Å². The molecule has 10 heteroatoms. The maximum Gasteiger partial charge on any atom is 0.501 e. The van der Waals surface area contributed by atoms with Crippen molar-refractivity contribution < 1.29 is 30.8 Å². The lowest BCUT2D eigenvalue weighted by Gasteiger charge is -2.37. The number of amides is 1. The van der Waals surface area contributed by atoms with Crippen LogP contribution in [0.4, 0.5) is 23.2 Å². The first-order valence-electron chi connectivity index (χ1n) is 8.77. The van der Waals surface area contributed by atoms with E-state index >= 15 is 0 Å². The number of benzene rings is 2. The predicted octanol–water partition coefficient (Wildman–Crippen LogP) is 3.01. The van der Waals surface area contributed by atoms with Crippen molar-refractivity contribution in [2.24, 2.45) is 0 Å². The predicted molar refractivity (Wildman–Crippen MR) is 98.6 cm³/mol. The standard InChI is InChI=1S/C19H18F4N2O3S/c20-15-6-7-16(17(13-15)29(27,28)19(21,22)23)24-8-10-25(11-9-24)18(26)12-14-4-2-1-3-5-14/h1-7,13H,8-12H2. The molecule has 2 aromatic carbocycles. The minimum Gasteiger partial charge on any atom is -0.367 e. The Labute approximate surface area is 165 Å². The molecule has 29 heavy (non-hydrogen) atoms. The molecule has 0 spiro atoms. The fourth-order valence-corrected chi connectivity index (χ4v) is 4.16. The number of nitrogens with zero attached hydrogens (tertiary/aromatic N) is 2. The van der Waals surface area contributed by atoms with Gasteiger partial charge in [-0.25, -0.2) is 12.8 Å². The van der Waals surface area contributed by atoms with Gasteiger partial charge in [0.05, 0.1) is 12.1 Å². The van der Waals surface area contributed by atoms with Gasteiger partial charge in [0.1, 0.15) is 10.7 Å². The van der Waals surface area contributed by atoms with Gasteiger partial charge >= 0.3 is 5.51 Å². The molecule has 1 fully saturated rings. The molecule has 1 saturated heterocycles. The molecule has 0 aliphatic carbocycles. The molecule has 156 valence electrons. The number of hydrogen-bond donors (Lipinski definition) is 0. The van der Waals surface area contributed by atoms with Crippen LogP contribution in [0.3, 0.4) is 0 Å². The van der Waals surface area contributed by atoms with Gasteiger partial charge in [-0.05, 0) is 23.8 Å². The van der Waals surface area contributed by atoms with Gasteiger partial charge in [0.25, 0.3) is 9.84 Å². The lowest BCUT2D eigenvalue weighted by Crippen LogP contribution is -2.49. The lowest BCUT2D eigenvalue weighted by atomic mass is 10.1.